The van der Waals surface area contributed by atoms with Crippen molar-refractivity contribution in [3.63, 3.8) is 0 Å². The Morgan fingerprint density at radius 2 is 1.37 bits per heavy atom. The Bertz CT molecular complexity index is 1950. The van der Waals surface area contributed by atoms with Gasteiger partial charge in [0.2, 0.25) is 47.3 Å². The van der Waals surface area contributed by atoms with Crippen LogP contribution in [0.15, 0.2) is 18.2 Å². The number of hydrogen-bond donors (Lipinski definition) is 10. The number of benzene rings is 1. The SMILES string of the molecule is CCCC(=O)N[C@@H](C)C(=O)N[C@H](C(=O)N[C@@H]1C(=O)N[C@@H](CC(C)C)C(=O)N[C@@H](C(C)C)C(=O)N[C@@H]([C@@H](C)O)C(=O)N(C)[C@@H](Cc2ccc(O)c(Cl)c2)C(=O)N[C@@H](C(C)C)C(=O)O[C@@H]1C)[C@@H](C)O. The average Bonchev–Trinajstić information content (AvgIpc) is 3.22. The minimum Gasteiger partial charge on any atom is -0.506 e. The molecule has 1 fully saturated rings. The smallest absolute Gasteiger partial charge is 0.329 e. The molecule has 1 saturated heterocycles. The molecule has 1 aliphatic rings. The molecule has 0 radical (unpaired) electrons. The number of amides is 8. The summed E-state index contributed by atoms with van der Waals surface area (Å²) in [5.74, 6) is -9.98. The Labute approximate surface area is 397 Å². The summed E-state index contributed by atoms with van der Waals surface area (Å²) < 4.78 is 5.79. The first-order chi connectivity index (χ1) is 31.1. The van der Waals surface area contributed by atoms with Crippen molar-refractivity contribution in [2.24, 2.45) is 17.8 Å². The van der Waals surface area contributed by atoms with Gasteiger partial charge in [0.15, 0.2) is 0 Å². The van der Waals surface area contributed by atoms with Crippen molar-refractivity contribution in [3.05, 3.63) is 28.8 Å². The molecule has 0 unspecified atom stereocenters. The maximum absolute atomic E-state index is 14.4. The van der Waals surface area contributed by atoms with Crippen LogP contribution in [0, 0.1) is 17.8 Å². The van der Waals surface area contributed by atoms with E-state index in [2.05, 4.69) is 37.2 Å². The number of aromatic hydroxyl groups is 1. The molecular formula is C45H71ClN8O13. The fourth-order valence-electron chi connectivity index (χ4n) is 7.06. The van der Waals surface area contributed by atoms with Gasteiger partial charge in [-0.3, -0.25) is 38.4 Å². The normalized spacial score (nSPS) is 24.7. The van der Waals surface area contributed by atoms with Crippen LogP contribution in [-0.4, -0.2) is 147 Å². The second-order valence-electron chi connectivity index (χ2n) is 18.2. The molecule has 0 aromatic heterocycles. The highest BCUT2D eigenvalue weighted by molar-refractivity contribution is 6.32. The number of nitrogens with zero attached hydrogens (tertiary/aromatic N) is 1. The second kappa shape index (κ2) is 26.1. The molecule has 22 heteroatoms. The van der Waals surface area contributed by atoms with E-state index in [1.807, 2.05) is 0 Å². The van der Waals surface area contributed by atoms with Gasteiger partial charge >= 0.3 is 5.97 Å². The molecule has 0 aliphatic carbocycles. The number of esters is 1. The number of carbonyl (C=O) groups excluding carboxylic acids is 9. The lowest BCUT2D eigenvalue weighted by Gasteiger charge is -2.34. The van der Waals surface area contributed by atoms with E-state index in [-0.39, 0.29) is 36.0 Å². The van der Waals surface area contributed by atoms with Gasteiger partial charge in [0, 0.05) is 19.9 Å². The Hall–Kier alpha value is -5.54. The molecule has 67 heavy (non-hydrogen) atoms. The average molecular weight is 968 g/mol. The summed E-state index contributed by atoms with van der Waals surface area (Å²) in [6.45, 7) is 16.7. The van der Waals surface area contributed by atoms with Gasteiger partial charge in [0.1, 0.15) is 60.2 Å². The molecule has 2 rings (SSSR count). The van der Waals surface area contributed by atoms with Crippen molar-refractivity contribution >= 4 is 64.8 Å². The highest BCUT2D eigenvalue weighted by Gasteiger charge is 2.42. The van der Waals surface area contributed by atoms with Crippen LogP contribution in [0.5, 0.6) is 5.75 Å². The molecule has 21 nitrogen and oxygen atoms in total. The van der Waals surface area contributed by atoms with Gasteiger partial charge in [-0.15, -0.1) is 0 Å². The summed E-state index contributed by atoms with van der Waals surface area (Å²) >= 11 is 6.18. The standard InChI is InChI=1S/C45H71ClN8O13/c1-13-14-32(58)47-23(8)38(59)51-35(24(9)55)42(63)53-37-26(11)67-45(66)34(22(6)7)50-40(61)30(19-27-15-16-31(57)28(46)18-27)54(12)44(65)36(25(10)56)52-41(62)33(21(4)5)49-39(60)29(17-20(2)3)48-43(37)64/h15-16,18,20-26,29-30,33-37,55-57H,13-14,17,19H2,1-12H3,(H,47,58)(H,48,64)(H,49,60)(H,50,61)(H,51,59)(H,52,62)(H,53,63)/t23-,24+,25+,26+,29-,30-,33-,34-,35-,36-,37-/m0/s1. The minimum absolute atomic E-state index is 0.0124. The maximum Gasteiger partial charge on any atom is 0.329 e. The van der Waals surface area contributed by atoms with Gasteiger partial charge < -0.3 is 62.2 Å². The lowest BCUT2D eigenvalue weighted by Crippen LogP contribution is -2.64. The van der Waals surface area contributed by atoms with Gasteiger partial charge in [-0.2, -0.15) is 0 Å². The molecule has 1 aromatic carbocycles. The van der Waals surface area contributed by atoms with E-state index in [9.17, 15) is 58.5 Å². The fourth-order valence-corrected chi connectivity index (χ4v) is 7.27. The van der Waals surface area contributed by atoms with Crippen LogP contribution in [0.2, 0.25) is 5.02 Å². The first-order valence-corrected chi connectivity index (χ1v) is 22.9. The Morgan fingerprint density at radius 1 is 0.791 bits per heavy atom. The Morgan fingerprint density at radius 3 is 1.90 bits per heavy atom. The summed E-state index contributed by atoms with van der Waals surface area (Å²) in [5.41, 5.74) is 0.362. The van der Waals surface area contributed by atoms with E-state index in [0.29, 0.717) is 12.0 Å². The van der Waals surface area contributed by atoms with E-state index in [1.54, 1.807) is 48.5 Å². The molecule has 0 spiro atoms. The van der Waals surface area contributed by atoms with Crippen molar-refractivity contribution in [2.45, 2.75) is 168 Å². The number of phenolic OH excluding ortho intramolecular Hbond substituents is 1. The molecule has 11 atom stereocenters. The molecule has 1 heterocycles. The van der Waals surface area contributed by atoms with Crippen LogP contribution in [-0.2, 0) is 54.3 Å². The van der Waals surface area contributed by atoms with Crippen LogP contribution >= 0.6 is 11.6 Å². The number of nitrogens with one attached hydrogen (secondary N) is 7. The monoisotopic (exact) mass is 966 g/mol. The van der Waals surface area contributed by atoms with Crippen molar-refractivity contribution in [2.75, 3.05) is 7.05 Å². The van der Waals surface area contributed by atoms with Gasteiger partial charge in [0.25, 0.3) is 0 Å². The third-order valence-corrected chi connectivity index (χ3v) is 11.4. The van der Waals surface area contributed by atoms with Crippen molar-refractivity contribution in [1.82, 2.24) is 42.1 Å². The number of halogens is 1. The van der Waals surface area contributed by atoms with Crippen molar-refractivity contribution < 1.29 is 63.2 Å². The zero-order chi connectivity index (χ0) is 51.2. The Balaban J connectivity index is 2.81. The second-order valence-corrected chi connectivity index (χ2v) is 18.6. The van der Waals surface area contributed by atoms with E-state index in [1.165, 1.54) is 52.9 Å². The number of aliphatic hydroxyl groups is 2. The summed E-state index contributed by atoms with van der Waals surface area (Å²) in [6, 6.07) is -7.96. The van der Waals surface area contributed by atoms with Crippen LogP contribution in [0.1, 0.15) is 101 Å². The third-order valence-electron chi connectivity index (χ3n) is 11.1. The molecule has 1 aliphatic heterocycles. The number of rotatable bonds is 15. The molecule has 376 valence electrons. The zero-order valence-corrected chi connectivity index (χ0v) is 41.1. The zero-order valence-electron chi connectivity index (χ0n) is 40.4. The van der Waals surface area contributed by atoms with Gasteiger partial charge in [-0.05, 0) is 76.0 Å². The largest absolute Gasteiger partial charge is 0.506 e. The number of carbonyl (C=O) groups is 9. The predicted octanol–water partition coefficient (Wildman–Crippen LogP) is -0.306. The van der Waals surface area contributed by atoms with Crippen LogP contribution in [0.25, 0.3) is 0 Å². The molecule has 10 N–H and O–H groups in total. The minimum atomic E-state index is -1.84. The lowest BCUT2D eigenvalue weighted by molar-refractivity contribution is -0.158. The van der Waals surface area contributed by atoms with Crippen LogP contribution in [0.3, 0.4) is 0 Å². The summed E-state index contributed by atoms with van der Waals surface area (Å²) in [7, 11) is 1.25. The van der Waals surface area contributed by atoms with Crippen LogP contribution in [0.4, 0.5) is 0 Å². The van der Waals surface area contributed by atoms with E-state index < -0.39 is 132 Å². The third kappa shape index (κ3) is 16.9. The van der Waals surface area contributed by atoms with E-state index >= 15 is 0 Å². The fraction of sp³-hybridized carbons (Fsp3) is 0.667. The quantitative estimate of drug-likeness (QED) is 0.101. The number of likely N-dealkylation sites (N-methyl/N-ethyl adjacent to an activating group) is 1. The summed E-state index contributed by atoms with van der Waals surface area (Å²) in [6.07, 6.45) is -4.34. The van der Waals surface area contributed by atoms with E-state index in [0.717, 1.165) is 4.90 Å². The van der Waals surface area contributed by atoms with Gasteiger partial charge in [0.05, 0.1) is 17.2 Å². The molecular weight excluding hydrogens is 896 g/mol. The maximum atomic E-state index is 14.4. The van der Waals surface area contributed by atoms with Crippen molar-refractivity contribution in [3.8, 4) is 5.75 Å². The number of cyclic esters (lactones) is 1. The lowest BCUT2D eigenvalue weighted by atomic mass is 9.98. The van der Waals surface area contributed by atoms with Crippen molar-refractivity contribution in [1.29, 1.82) is 0 Å². The van der Waals surface area contributed by atoms with Crippen LogP contribution < -0.4 is 37.2 Å². The molecule has 0 saturated carbocycles. The Kier molecular flexibility index (Phi) is 22.5. The molecule has 0 bridgehead atoms. The van der Waals surface area contributed by atoms with Gasteiger partial charge in [-0.25, -0.2) is 4.79 Å². The highest BCUT2D eigenvalue weighted by Crippen LogP contribution is 2.25. The van der Waals surface area contributed by atoms with Gasteiger partial charge in [-0.1, -0.05) is 66.1 Å². The molecule has 8 amide bonds. The number of hydrogen-bond acceptors (Lipinski definition) is 13. The number of phenols is 1. The summed E-state index contributed by atoms with van der Waals surface area (Å²) in [4.78, 5) is 126. The molecule has 1 aromatic rings. The first-order valence-electron chi connectivity index (χ1n) is 22.5. The predicted molar refractivity (Wildman–Crippen MR) is 246 cm³/mol. The topological polar surface area (TPSA) is 311 Å². The highest BCUT2D eigenvalue weighted by atomic mass is 35.5. The summed E-state index contributed by atoms with van der Waals surface area (Å²) in [5, 5.41) is 49.2. The van der Waals surface area contributed by atoms with E-state index in [4.69, 9.17) is 16.3 Å². The number of aliphatic hydroxyl groups excluding tert-OH is 2. The number of ether oxygens (including phenoxy) is 1. The first kappa shape index (κ1) is 57.6.